The van der Waals surface area contributed by atoms with Gasteiger partial charge in [-0.25, -0.2) is 4.79 Å². The van der Waals surface area contributed by atoms with Crippen LogP contribution in [-0.4, -0.2) is 101 Å². The molecule has 3 heterocycles. The number of amides is 4. The number of fused-ring (bicyclic) bond motifs is 1. The van der Waals surface area contributed by atoms with E-state index in [-0.39, 0.29) is 57.5 Å². The second-order valence-corrected chi connectivity index (χ2v) is 15.3. The molecule has 294 valence electrons. The molecule has 13 heteroatoms. The smallest absolute Gasteiger partial charge is 0.411 e. The maximum Gasteiger partial charge on any atom is 0.411 e. The Kier molecular flexibility index (Phi) is 13.1. The minimum atomic E-state index is -0.976. The summed E-state index contributed by atoms with van der Waals surface area (Å²) in [4.78, 5) is 75.2. The van der Waals surface area contributed by atoms with Gasteiger partial charge in [0, 0.05) is 36.6 Å². The van der Waals surface area contributed by atoms with Crippen molar-refractivity contribution in [2.75, 3.05) is 38.3 Å². The van der Waals surface area contributed by atoms with Gasteiger partial charge in [0.1, 0.15) is 29.8 Å². The maximum absolute atomic E-state index is 14.5. The van der Waals surface area contributed by atoms with Crippen LogP contribution in [0.1, 0.15) is 64.2 Å². The van der Waals surface area contributed by atoms with Gasteiger partial charge in [0.2, 0.25) is 11.8 Å². The highest BCUT2D eigenvalue weighted by Gasteiger charge is 2.55. The molecule has 3 aromatic rings. The zero-order chi connectivity index (χ0) is 39.9. The van der Waals surface area contributed by atoms with Gasteiger partial charge in [-0.3, -0.25) is 24.1 Å². The predicted molar refractivity (Wildman–Crippen MR) is 210 cm³/mol. The molecule has 1 N–H and O–H groups in total. The van der Waals surface area contributed by atoms with Crippen molar-refractivity contribution >= 4 is 47.1 Å². The molecule has 2 fully saturated rings. The summed E-state index contributed by atoms with van der Waals surface area (Å²) < 4.78 is 10.6. The van der Waals surface area contributed by atoms with Gasteiger partial charge in [-0.05, 0) is 74.6 Å². The van der Waals surface area contributed by atoms with Crippen LogP contribution in [-0.2, 0) is 48.0 Å². The Hall–Kier alpha value is -5.10. The lowest BCUT2D eigenvalue weighted by molar-refractivity contribution is -0.147. The topological polar surface area (TPSA) is 129 Å². The van der Waals surface area contributed by atoms with E-state index in [0.717, 1.165) is 22.4 Å². The monoisotopic (exact) mass is 773 g/mol. The Morgan fingerprint density at radius 3 is 2.15 bits per heavy atom. The summed E-state index contributed by atoms with van der Waals surface area (Å²) in [5, 5.41) is 3.56. The van der Waals surface area contributed by atoms with E-state index in [2.05, 4.69) is 5.32 Å². The molecule has 2 saturated heterocycles. The van der Waals surface area contributed by atoms with Gasteiger partial charge in [0.05, 0.1) is 20.3 Å². The van der Waals surface area contributed by atoms with Crippen LogP contribution in [0.5, 0.6) is 0 Å². The van der Waals surface area contributed by atoms with Crippen molar-refractivity contribution in [2.45, 2.75) is 90.1 Å². The first-order valence-corrected chi connectivity index (χ1v) is 19.2. The first-order valence-electron chi connectivity index (χ1n) is 18.9. The number of hydrogen-bond acceptors (Lipinski definition) is 8. The van der Waals surface area contributed by atoms with E-state index in [1.54, 1.807) is 37.8 Å². The highest BCUT2D eigenvalue weighted by molar-refractivity contribution is 6.30. The second kappa shape index (κ2) is 17.6. The molecule has 6 rings (SSSR count). The number of piperidine rings is 1. The SMILES string of the molecule is CC.COC(=O)CN1CN(c2ccccc2)C2(CCN(C(=O)[C@@H](Cc3ccc(Cl)cc3)NC(=O)C3Cc4ccccc4CN3C(=O)OC(C)(C)C)CC2)C1=O. The Bertz CT molecular complexity index is 1840. The number of rotatable bonds is 8. The standard InChI is InChI=1S/C40H46ClN5O7.C2H6/c1-39(2,3)53-38(51)45-24-29-11-9-8-10-28(29)23-33(45)35(48)42-32(22-27-14-16-30(41)17-15-27)36(49)43-20-18-40(19-21-43)37(50)44(25-34(47)52-4)26-46(40)31-12-6-5-7-13-31;1-2/h5-17,32-33H,18-26H2,1-4H3,(H,42,48);1-2H3/t32-,33?;/m1./s1. The molecule has 0 aliphatic carbocycles. The molecular formula is C42H52ClN5O7. The van der Waals surface area contributed by atoms with E-state index in [1.807, 2.05) is 85.5 Å². The molecular weight excluding hydrogens is 722 g/mol. The number of carbonyl (C=O) groups excluding carboxylic acids is 5. The molecule has 3 aromatic carbocycles. The van der Waals surface area contributed by atoms with Crippen LogP contribution in [0.25, 0.3) is 0 Å². The number of ether oxygens (including phenoxy) is 2. The zero-order valence-corrected chi connectivity index (χ0v) is 33.3. The number of para-hydroxylation sites is 1. The molecule has 2 atom stereocenters. The molecule has 0 aromatic heterocycles. The molecule has 0 radical (unpaired) electrons. The Morgan fingerprint density at radius 2 is 1.53 bits per heavy atom. The fourth-order valence-corrected chi connectivity index (χ4v) is 7.58. The summed E-state index contributed by atoms with van der Waals surface area (Å²) >= 11 is 6.17. The third-order valence-electron chi connectivity index (χ3n) is 10.2. The summed E-state index contributed by atoms with van der Waals surface area (Å²) in [6.45, 7) is 10.0. The van der Waals surface area contributed by atoms with Crippen LogP contribution in [0.15, 0.2) is 78.9 Å². The lowest BCUT2D eigenvalue weighted by Gasteiger charge is -2.44. The van der Waals surface area contributed by atoms with Crippen LogP contribution in [0.4, 0.5) is 10.5 Å². The van der Waals surface area contributed by atoms with Crippen molar-refractivity contribution in [1.29, 1.82) is 0 Å². The normalized spacial score (nSPS) is 18.2. The molecule has 4 amide bonds. The number of likely N-dealkylation sites (tertiary alicyclic amines) is 1. The minimum absolute atomic E-state index is 0.176. The molecule has 1 unspecified atom stereocenters. The number of nitrogens with one attached hydrogen (secondary N) is 1. The van der Waals surface area contributed by atoms with Gasteiger partial charge < -0.3 is 29.5 Å². The van der Waals surface area contributed by atoms with E-state index in [4.69, 9.17) is 21.1 Å². The average Bonchev–Trinajstić information content (AvgIpc) is 3.44. The Morgan fingerprint density at radius 1 is 0.909 bits per heavy atom. The number of anilines is 1. The number of nitrogens with zero attached hydrogens (tertiary/aromatic N) is 4. The zero-order valence-electron chi connectivity index (χ0n) is 32.5. The third-order valence-corrected chi connectivity index (χ3v) is 10.4. The van der Waals surface area contributed by atoms with E-state index in [0.29, 0.717) is 17.9 Å². The van der Waals surface area contributed by atoms with Crippen LogP contribution in [0.3, 0.4) is 0 Å². The van der Waals surface area contributed by atoms with Crippen molar-refractivity contribution in [3.8, 4) is 0 Å². The van der Waals surface area contributed by atoms with Crippen LogP contribution < -0.4 is 10.2 Å². The summed E-state index contributed by atoms with van der Waals surface area (Å²) in [5.74, 6) is -1.47. The number of esters is 1. The highest BCUT2D eigenvalue weighted by Crippen LogP contribution is 2.39. The predicted octanol–water partition coefficient (Wildman–Crippen LogP) is 5.60. The van der Waals surface area contributed by atoms with E-state index >= 15 is 0 Å². The number of methoxy groups -OCH3 is 1. The quantitative estimate of drug-likeness (QED) is 0.294. The molecule has 3 aliphatic heterocycles. The van der Waals surface area contributed by atoms with Gasteiger partial charge in [-0.15, -0.1) is 0 Å². The Balaban J connectivity index is 0.00000285. The van der Waals surface area contributed by atoms with Crippen LogP contribution in [0, 0.1) is 0 Å². The van der Waals surface area contributed by atoms with Gasteiger partial charge in [0.15, 0.2) is 0 Å². The third kappa shape index (κ3) is 9.41. The summed E-state index contributed by atoms with van der Waals surface area (Å²) in [6.07, 6.45) is 0.463. The number of carbonyl (C=O) groups is 5. The molecule has 1 spiro atoms. The molecule has 0 saturated carbocycles. The van der Waals surface area contributed by atoms with Crippen molar-refractivity contribution in [1.82, 2.24) is 20.0 Å². The minimum Gasteiger partial charge on any atom is -0.468 e. The van der Waals surface area contributed by atoms with Crippen molar-refractivity contribution < 1.29 is 33.4 Å². The molecule has 0 bridgehead atoms. The van der Waals surface area contributed by atoms with Gasteiger partial charge in [-0.2, -0.15) is 0 Å². The first-order chi connectivity index (χ1) is 26.3. The fraction of sp³-hybridized carbons (Fsp3) is 0.452. The lowest BCUT2D eigenvalue weighted by Crippen LogP contribution is -2.61. The van der Waals surface area contributed by atoms with E-state index in [1.165, 1.54) is 16.9 Å². The summed E-state index contributed by atoms with van der Waals surface area (Å²) in [7, 11) is 1.29. The first kappa shape index (κ1) is 41.1. The van der Waals surface area contributed by atoms with Gasteiger partial charge in [-0.1, -0.05) is 80.0 Å². The maximum atomic E-state index is 14.5. The highest BCUT2D eigenvalue weighted by atomic mass is 35.5. The van der Waals surface area contributed by atoms with Crippen LogP contribution >= 0.6 is 11.6 Å². The van der Waals surface area contributed by atoms with Gasteiger partial charge in [0.25, 0.3) is 5.91 Å². The molecule has 3 aliphatic rings. The largest absolute Gasteiger partial charge is 0.468 e. The van der Waals surface area contributed by atoms with E-state index in [9.17, 15) is 24.0 Å². The van der Waals surface area contributed by atoms with E-state index < -0.39 is 41.2 Å². The second-order valence-electron chi connectivity index (χ2n) is 14.8. The van der Waals surface area contributed by atoms with Crippen LogP contribution in [0.2, 0.25) is 5.02 Å². The van der Waals surface area contributed by atoms with Gasteiger partial charge >= 0.3 is 12.1 Å². The molecule has 55 heavy (non-hydrogen) atoms. The number of benzene rings is 3. The number of halogens is 1. The van der Waals surface area contributed by atoms with Crippen molar-refractivity contribution in [2.24, 2.45) is 0 Å². The fourth-order valence-electron chi connectivity index (χ4n) is 7.45. The van der Waals surface area contributed by atoms with Crippen molar-refractivity contribution in [3.63, 3.8) is 0 Å². The average molecular weight is 774 g/mol. The molecule has 12 nitrogen and oxygen atoms in total. The summed E-state index contributed by atoms with van der Waals surface area (Å²) in [6, 6.07) is 22.4. The Labute approximate surface area is 328 Å². The van der Waals surface area contributed by atoms with Crippen molar-refractivity contribution in [3.05, 3.63) is 101 Å². The summed E-state index contributed by atoms with van der Waals surface area (Å²) in [5.41, 5.74) is 1.75. The number of hydrogen-bond donors (Lipinski definition) is 1. The lowest BCUT2D eigenvalue weighted by atomic mass is 9.85.